The summed E-state index contributed by atoms with van der Waals surface area (Å²) in [6, 6.07) is 12.2. The van der Waals surface area contributed by atoms with Crippen LogP contribution in [0.1, 0.15) is 16.1 Å². The van der Waals surface area contributed by atoms with Crippen molar-refractivity contribution in [2.24, 2.45) is 0 Å². The van der Waals surface area contributed by atoms with Crippen molar-refractivity contribution in [3.05, 3.63) is 66.0 Å². The average molecular weight is 461 g/mol. The minimum Gasteiger partial charge on any atom is -0.435 e. The smallest absolute Gasteiger partial charge is 0.387 e. The van der Waals surface area contributed by atoms with Gasteiger partial charge in [0.2, 0.25) is 10.0 Å². The number of piperazine rings is 1. The molecule has 0 atom stereocenters. The Morgan fingerprint density at radius 1 is 1.03 bits per heavy atom. The van der Waals surface area contributed by atoms with Gasteiger partial charge in [0, 0.05) is 49.0 Å². The van der Waals surface area contributed by atoms with E-state index in [1.807, 2.05) is 25.1 Å². The van der Waals surface area contributed by atoms with Crippen molar-refractivity contribution in [2.45, 2.75) is 18.4 Å². The number of alkyl halides is 2. The Morgan fingerprint density at radius 2 is 1.72 bits per heavy atom. The average Bonchev–Trinajstić information content (AvgIpc) is 2.78. The number of carbonyl (C=O) groups is 1. The number of halogens is 2. The first-order valence-electron chi connectivity index (χ1n) is 9.96. The minimum atomic E-state index is -3.82. The molecule has 1 fully saturated rings. The molecule has 3 aromatic rings. The first kappa shape index (κ1) is 22.1. The van der Waals surface area contributed by atoms with Crippen molar-refractivity contribution in [3.63, 3.8) is 0 Å². The Kier molecular flexibility index (Phi) is 6.07. The van der Waals surface area contributed by atoms with E-state index in [-0.39, 0.29) is 42.7 Å². The number of benzene rings is 2. The number of aromatic nitrogens is 1. The van der Waals surface area contributed by atoms with Crippen LogP contribution < -0.4 is 4.74 Å². The van der Waals surface area contributed by atoms with E-state index in [9.17, 15) is 22.0 Å². The number of ether oxygens (including phenoxy) is 1. The minimum absolute atomic E-state index is 0.0188. The van der Waals surface area contributed by atoms with Crippen molar-refractivity contribution in [1.82, 2.24) is 14.2 Å². The third-order valence-corrected chi connectivity index (χ3v) is 7.34. The van der Waals surface area contributed by atoms with Crippen LogP contribution in [-0.4, -0.2) is 61.3 Å². The highest BCUT2D eigenvalue weighted by Crippen LogP contribution is 2.25. The van der Waals surface area contributed by atoms with Gasteiger partial charge in [0.25, 0.3) is 5.91 Å². The van der Waals surface area contributed by atoms with Gasteiger partial charge in [0.15, 0.2) is 0 Å². The second kappa shape index (κ2) is 8.79. The first-order chi connectivity index (χ1) is 15.3. The third kappa shape index (κ3) is 4.28. The monoisotopic (exact) mass is 461 g/mol. The third-order valence-electron chi connectivity index (χ3n) is 5.42. The number of fused-ring (bicyclic) bond motifs is 1. The molecule has 4 rings (SSSR count). The number of hydrogen-bond acceptors (Lipinski definition) is 5. The summed E-state index contributed by atoms with van der Waals surface area (Å²) in [5.41, 5.74) is 1.30. The van der Waals surface area contributed by atoms with Crippen molar-refractivity contribution >= 4 is 26.7 Å². The molecular formula is C22H21F2N3O4S. The normalized spacial score (nSPS) is 15.3. The van der Waals surface area contributed by atoms with E-state index in [0.29, 0.717) is 5.56 Å². The van der Waals surface area contributed by atoms with Crippen LogP contribution in [-0.2, 0) is 10.0 Å². The van der Waals surface area contributed by atoms with Gasteiger partial charge in [-0.2, -0.15) is 13.1 Å². The number of sulfonamides is 1. The van der Waals surface area contributed by atoms with E-state index in [2.05, 4.69) is 9.72 Å². The SMILES string of the molecule is Cc1nccc2cccc(C(=O)N3CCN(S(=O)(=O)c4ccc(OC(F)F)cc4)CC3)c12. The van der Waals surface area contributed by atoms with Crippen molar-refractivity contribution < 1.29 is 26.7 Å². The molecule has 0 unspecified atom stereocenters. The van der Waals surface area contributed by atoms with Gasteiger partial charge >= 0.3 is 6.61 Å². The molecule has 1 aliphatic heterocycles. The van der Waals surface area contributed by atoms with Crippen LogP contribution >= 0.6 is 0 Å². The van der Waals surface area contributed by atoms with Crippen LogP contribution in [0.15, 0.2) is 59.6 Å². The number of pyridine rings is 1. The standard InChI is InChI=1S/C22H21F2N3O4S/c1-15-20-16(9-10-25-15)3-2-4-19(20)21(28)26-11-13-27(14-12-26)32(29,30)18-7-5-17(6-8-18)31-22(23)24/h2-10,22H,11-14H2,1H3. The topological polar surface area (TPSA) is 79.8 Å². The van der Waals surface area contributed by atoms with E-state index >= 15 is 0 Å². The lowest BCUT2D eigenvalue weighted by Crippen LogP contribution is -2.50. The Hall–Kier alpha value is -3.11. The molecule has 168 valence electrons. The lowest BCUT2D eigenvalue weighted by molar-refractivity contribution is -0.0498. The summed E-state index contributed by atoms with van der Waals surface area (Å²) in [5.74, 6) is -0.286. The maximum Gasteiger partial charge on any atom is 0.387 e. The molecule has 1 aromatic heterocycles. The molecule has 0 N–H and O–H groups in total. The number of nitrogens with zero attached hydrogens (tertiary/aromatic N) is 3. The summed E-state index contributed by atoms with van der Waals surface area (Å²) in [6.07, 6.45) is 1.70. The number of hydrogen-bond donors (Lipinski definition) is 0. The number of aryl methyl sites for hydroxylation is 1. The van der Waals surface area contributed by atoms with Crippen molar-refractivity contribution in [1.29, 1.82) is 0 Å². The lowest BCUT2D eigenvalue weighted by atomic mass is 10.0. The van der Waals surface area contributed by atoms with Crippen LogP contribution in [0.3, 0.4) is 0 Å². The van der Waals surface area contributed by atoms with Crippen LogP contribution in [0, 0.1) is 6.92 Å². The largest absolute Gasteiger partial charge is 0.435 e. The lowest BCUT2D eigenvalue weighted by Gasteiger charge is -2.34. The fourth-order valence-corrected chi connectivity index (χ4v) is 5.25. The summed E-state index contributed by atoms with van der Waals surface area (Å²) < 4.78 is 56.0. The van der Waals surface area contributed by atoms with Crippen molar-refractivity contribution in [3.8, 4) is 5.75 Å². The van der Waals surface area contributed by atoms with Crippen LogP contribution in [0.25, 0.3) is 10.8 Å². The Labute approximate surface area is 184 Å². The second-order valence-corrected chi connectivity index (χ2v) is 9.28. The molecule has 2 heterocycles. The highest BCUT2D eigenvalue weighted by atomic mass is 32.2. The summed E-state index contributed by atoms with van der Waals surface area (Å²) >= 11 is 0. The summed E-state index contributed by atoms with van der Waals surface area (Å²) in [6.45, 7) is -0.400. The predicted molar refractivity (Wildman–Crippen MR) is 114 cm³/mol. The van der Waals surface area contributed by atoms with Gasteiger partial charge in [-0.15, -0.1) is 0 Å². The molecule has 10 heteroatoms. The van der Waals surface area contributed by atoms with Gasteiger partial charge in [0.05, 0.1) is 4.90 Å². The van der Waals surface area contributed by atoms with Crippen LogP contribution in [0.2, 0.25) is 0 Å². The fourth-order valence-electron chi connectivity index (χ4n) is 3.83. The number of rotatable bonds is 5. The second-order valence-electron chi connectivity index (χ2n) is 7.35. The Morgan fingerprint density at radius 3 is 2.38 bits per heavy atom. The highest BCUT2D eigenvalue weighted by molar-refractivity contribution is 7.89. The van der Waals surface area contributed by atoms with Gasteiger partial charge in [0.1, 0.15) is 5.75 Å². The zero-order valence-electron chi connectivity index (χ0n) is 17.2. The predicted octanol–water partition coefficient (Wildman–Crippen LogP) is 3.29. The van der Waals surface area contributed by atoms with E-state index in [4.69, 9.17) is 0 Å². The quantitative estimate of drug-likeness (QED) is 0.583. The Bertz CT molecular complexity index is 1240. The molecule has 2 aromatic carbocycles. The summed E-state index contributed by atoms with van der Waals surface area (Å²) in [7, 11) is -3.82. The molecule has 1 saturated heterocycles. The molecule has 32 heavy (non-hydrogen) atoms. The van der Waals surface area contributed by atoms with Gasteiger partial charge in [-0.05, 0) is 48.7 Å². The fraction of sp³-hybridized carbons (Fsp3) is 0.273. The van der Waals surface area contributed by atoms with Crippen molar-refractivity contribution in [2.75, 3.05) is 26.2 Å². The van der Waals surface area contributed by atoms with Gasteiger partial charge in [-0.25, -0.2) is 8.42 Å². The van der Waals surface area contributed by atoms with Gasteiger partial charge in [-0.3, -0.25) is 9.78 Å². The van der Waals surface area contributed by atoms with E-state index < -0.39 is 16.6 Å². The van der Waals surface area contributed by atoms with Gasteiger partial charge < -0.3 is 9.64 Å². The maximum absolute atomic E-state index is 13.2. The van der Waals surface area contributed by atoms with Crippen LogP contribution in [0.5, 0.6) is 5.75 Å². The highest BCUT2D eigenvalue weighted by Gasteiger charge is 2.31. The van der Waals surface area contributed by atoms with Crippen LogP contribution in [0.4, 0.5) is 8.78 Å². The zero-order valence-corrected chi connectivity index (χ0v) is 18.1. The molecule has 0 radical (unpaired) electrons. The summed E-state index contributed by atoms with van der Waals surface area (Å²) in [4.78, 5) is 19.1. The Balaban J connectivity index is 1.48. The molecule has 0 saturated carbocycles. The first-order valence-corrected chi connectivity index (χ1v) is 11.4. The number of carbonyl (C=O) groups excluding carboxylic acids is 1. The van der Waals surface area contributed by atoms with Gasteiger partial charge in [-0.1, -0.05) is 12.1 Å². The van der Waals surface area contributed by atoms with E-state index in [1.165, 1.54) is 28.6 Å². The van der Waals surface area contributed by atoms with E-state index in [1.54, 1.807) is 17.2 Å². The molecule has 1 amide bonds. The molecule has 0 aliphatic carbocycles. The van der Waals surface area contributed by atoms with E-state index in [0.717, 1.165) is 16.5 Å². The molecule has 0 spiro atoms. The summed E-state index contributed by atoms with van der Waals surface area (Å²) in [5, 5.41) is 1.71. The zero-order chi connectivity index (χ0) is 22.9. The molecular weight excluding hydrogens is 440 g/mol. The molecule has 1 aliphatic rings. The molecule has 0 bridgehead atoms. The number of amides is 1. The molecule has 7 nitrogen and oxygen atoms in total. The maximum atomic E-state index is 13.2.